The second kappa shape index (κ2) is 6.68. The van der Waals surface area contributed by atoms with Gasteiger partial charge in [0, 0.05) is 12.2 Å². The van der Waals surface area contributed by atoms with Gasteiger partial charge in [-0.1, -0.05) is 24.3 Å². The molecule has 0 spiro atoms. The maximum absolute atomic E-state index is 11.8. The normalized spacial score (nSPS) is 10.2. The molecule has 1 aromatic heterocycles. The molecule has 0 aliphatic heterocycles. The summed E-state index contributed by atoms with van der Waals surface area (Å²) in [5, 5.41) is 11.8. The molecule has 0 radical (unpaired) electrons. The van der Waals surface area contributed by atoms with Crippen LogP contribution in [0, 0.1) is 0 Å². The van der Waals surface area contributed by atoms with Gasteiger partial charge in [-0.2, -0.15) is 0 Å². The second-order valence-corrected chi connectivity index (χ2v) is 4.51. The summed E-state index contributed by atoms with van der Waals surface area (Å²) in [7, 11) is 0. The van der Waals surface area contributed by atoms with Crippen molar-refractivity contribution >= 4 is 11.6 Å². The zero-order chi connectivity index (χ0) is 14.4. The van der Waals surface area contributed by atoms with Crippen LogP contribution in [0.2, 0.25) is 0 Å². The maximum atomic E-state index is 11.8. The van der Waals surface area contributed by atoms with E-state index in [0.29, 0.717) is 17.9 Å². The minimum atomic E-state index is -0.0893. The fraction of sp³-hybridized carbons (Fsp3) is 0.200. The first-order valence-corrected chi connectivity index (χ1v) is 6.33. The molecule has 2 rings (SSSR count). The van der Waals surface area contributed by atoms with Crippen LogP contribution in [-0.4, -0.2) is 16.0 Å². The number of rotatable bonds is 5. The lowest BCUT2D eigenvalue weighted by Crippen LogP contribution is -2.24. The first-order chi connectivity index (χ1) is 9.67. The number of aromatic nitrogens is 1. The average molecular weight is 271 g/mol. The van der Waals surface area contributed by atoms with Gasteiger partial charge >= 0.3 is 0 Å². The Hall–Kier alpha value is -2.40. The molecule has 0 bridgehead atoms. The Balaban J connectivity index is 1.83. The molecular formula is C15H17N3O2. The van der Waals surface area contributed by atoms with Gasteiger partial charge in [-0.05, 0) is 23.3 Å². The maximum Gasteiger partial charge on any atom is 0.226 e. The van der Waals surface area contributed by atoms with E-state index in [0.717, 1.165) is 11.1 Å². The van der Waals surface area contributed by atoms with Crippen LogP contribution < -0.4 is 11.1 Å². The van der Waals surface area contributed by atoms with E-state index in [2.05, 4.69) is 10.3 Å². The van der Waals surface area contributed by atoms with Crippen LogP contribution in [-0.2, 0) is 24.4 Å². The van der Waals surface area contributed by atoms with E-state index in [1.165, 1.54) is 6.20 Å². The molecule has 1 heterocycles. The summed E-state index contributed by atoms with van der Waals surface area (Å²) in [6.07, 6.45) is 1.77. The summed E-state index contributed by atoms with van der Waals surface area (Å²) in [5.74, 6) is -0.0893. The molecule has 0 saturated carbocycles. The molecule has 4 N–H and O–H groups in total. The van der Waals surface area contributed by atoms with Crippen molar-refractivity contribution in [2.24, 2.45) is 0 Å². The predicted octanol–water partition coefficient (Wildman–Crippen LogP) is 1.01. The van der Waals surface area contributed by atoms with Crippen LogP contribution in [0.1, 0.15) is 16.8 Å². The Bertz CT molecular complexity index is 565. The van der Waals surface area contributed by atoms with Crippen molar-refractivity contribution in [2.75, 3.05) is 5.73 Å². The van der Waals surface area contributed by atoms with E-state index in [4.69, 9.17) is 10.8 Å². The number of amides is 1. The number of aliphatic hydroxyl groups is 1. The summed E-state index contributed by atoms with van der Waals surface area (Å²) in [6, 6.07) is 10.9. The number of hydrogen-bond acceptors (Lipinski definition) is 4. The zero-order valence-corrected chi connectivity index (χ0v) is 11.0. The molecule has 20 heavy (non-hydrogen) atoms. The Morgan fingerprint density at radius 3 is 2.45 bits per heavy atom. The minimum absolute atomic E-state index is 0.0233. The quantitative estimate of drug-likeness (QED) is 0.757. The largest absolute Gasteiger partial charge is 0.397 e. The smallest absolute Gasteiger partial charge is 0.226 e. The van der Waals surface area contributed by atoms with E-state index in [9.17, 15) is 4.79 Å². The van der Waals surface area contributed by atoms with E-state index in [-0.39, 0.29) is 18.9 Å². The third-order valence-corrected chi connectivity index (χ3v) is 2.88. The summed E-state index contributed by atoms with van der Waals surface area (Å²) >= 11 is 0. The number of nitrogens with two attached hydrogens (primary N) is 1. The van der Waals surface area contributed by atoms with Crippen molar-refractivity contribution < 1.29 is 9.90 Å². The summed E-state index contributed by atoms with van der Waals surface area (Å²) < 4.78 is 0. The molecular weight excluding hydrogens is 254 g/mol. The third-order valence-electron chi connectivity index (χ3n) is 2.88. The number of benzene rings is 1. The van der Waals surface area contributed by atoms with Gasteiger partial charge in [0.25, 0.3) is 0 Å². The zero-order valence-electron chi connectivity index (χ0n) is 11.0. The lowest BCUT2D eigenvalue weighted by molar-refractivity contribution is -0.120. The summed E-state index contributed by atoms with van der Waals surface area (Å²) in [4.78, 5) is 15.9. The Kier molecular flexibility index (Phi) is 4.68. The van der Waals surface area contributed by atoms with Crippen molar-refractivity contribution in [1.29, 1.82) is 0 Å². The van der Waals surface area contributed by atoms with Crippen LogP contribution in [0.5, 0.6) is 0 Å². The van der Waals surface area contributed by atoms with E-state index in [1.54, 1.807) is 12.1 Å². The Labute approximate surface area is 117 Å². The van der Waals surface area contributed by atoms with E-state index >= 15 is 0 Å². The summed E-state index contributed by atoms with van der Waals surface area (Å²) in [5.41, 5.74) is 8.64. The van der Waals surface area contributed by atoms with E-state index in [1.807, 2.05) is 24.3 Å². The van der Waals surface area contributed by atoms with Crippen molar-refractivity contribution in [1.82, 2.24) is 10.3 Å². The fourth-order valence-electron chi connectivity index (χ4n) is 1.73. The molecule has 5 nitrogen and oxygen atoms in total. The molecule has 0 aliphatic rings. The van der Waals surface area contributed by atoms with Gasteiger partial charge in [-0.3, -0.25) is 9.78 Å². The number of anilines is 1. The van der Waals surface area contributed by atoms with Gasteiger partial charge in [-0.25, -0.2) is 0 Å². The number of aliphatic hydroxyl groups excluding tert-OH is 1. The lowest BCUT2D eigenvalue weighted by atomic mass is 10.1. The SMILES string of the molecule is Nc1ccc(CC(=O)NCc2ccc(CO)cc2)nc1. The Morgan fingerprint density at radius 2 is 1.85 bits per heavy atom. The van der Waals surface area contributed by atoms with Crippen LogP contribution in [0.25, 0.3) is 0 Å². The summed E-state index contributed by atoms with van der Waals surface area (Å²) in [6.45, 7) is 0.481. The highest BCUT2D eigenvalue weighted by molar-refractivity contribution is 5.78. The van der Waals surface area contributed by atoms with Crippen molar-refractivity contribution in [2.45, 2.75) is 19.6 Å². The molecule has 2 aromatic rings. The highest BCUT2D eigenvalue weighted by atomic mass is 16.3. The highest BCUT2D eigenvalue weighted by Crippen LogP contribution is 2.05. The second-order valence-electron chi connectivity index (χ2n) is 4.51. The number of nitrogens with one attached hydrogen (secondary N) is 1. The number of carbonyl (C=O) groups excluding carboxylic acids is 1. The molecule has 0 fully saturated rings. The van der Waals surface area contributed by atoms with Crippen molar-refractivity contribution in [3.63, 3.8) is 0 Å². The van der Waals surface area contributed by atoms with Gasteiger partial charge in [-0.15, -0.1) is 0 Å². The van der Waals surface area contributed by atoms with E-state index < -0.39 is 0 Å². The van der Waals surface area contributed by atoms with Gasteiger partial charge in [0.05, 0.1) is 24.9 Å². The molecule has 0 aliphatic carbocycles. The standard InChI is InChI=1S/C15H17N3O2/c16-13-5-6-14(17-9-13)7-15(20)18-8-11-1-3-12(10-19)4-2-11/h1-6,9,19H,7-8,10,16H2,(H,18,20). The number of hydrogen-bond donors (Lipinski definition) is 3. The number of nitrogen functional groups attached to an aromatic ring is 1. The van der Waals surface area contributed by atoms with Crippen LogP contribution >= 0.6 is 0 Å². The van der Waals surface area contributed by atoms with Crippen molar-refractivity contribution in [3.05, 3.63) is 59.4 Å². The lowest BCUT2D eigenvalue weighted by Gasteiger charge is -2.06. The van der Waals surface area contributed by atoms with Gasteiger partial charge in [0.2, 0.25) is 5.91 Å². The van der Waals surface area contributed by atoms with Gasteiger partial charge in [0.15, 0.2) is 0 Å². The third kappa shape index (κ3) is 4.07. The minimum Gasteiger partial charge on any atom is -0.397 e. The molecule has 1 aromatic carbocycles. The van der Waals surface area contributed by atoms with Gasteiger partial charge < -0.3 is 16.2 Å². The monoisotopic (exact) mass is 271 g/mol. The highest BCUT2D eigenvalue weighted by Gasteiger charge is 2.04. The molecule has 0 saturated heterocycles. The number of nitrogens with zero attached hydrogens (tertiary/aromatic N) is 1. The molecule has 1 amide bonds. The first-order valence-electron chi connectivity index (χ1n) is 6.33. The van der Waals surface area contributed by atoms with Crippen molar-refractivity contribution in [3.8, 4) is 0 Å². The predicted molar refractivity (Wildman–Crippen MR) is 76.6 cm³/mol. The molecule has 104 valence electrons. The number of pyridine rings is 1. The fourth-order valence-corrected chi connectivity index (χ4v) is 1.73. The average Bonchev–Trinajstić information content (AvgIpc) is 2.48. The van der Waals surface area contributed by atoms with Crippen LogP contribution in [0.15, 0.2) is 42.6 Å². The molecule has 5 heteroatoms. The first kappa shape index (κ1) is 14.0. The topological polar surface area (TPSA) is 88.2 Å². The Morgan fingerprint density at radius 1 is 1.15 bits per heavy atom. The van der Waals surface area contributed by atoms with Crippen LogP contribution in [0.3, 0.4) is 0 Å². The van der Waals surface area contributed by atoms with Gasteiger partial charge in [0.1, 0.15) is 0 Å². The van der Waals surface area contributed by atoms with Crippen LogP contribution in [0.4, 0.5) is 5.69 Å². The number of carbonyl (C=O) groups is 1. The molecule has 0 unspecified atom stereocenters. The molecule has 0 atom stereocenters.